The highest BCUT2D eigenvalue weighted by molar-refractivity contribution is 9.10. The van der Waals surface area contributed by atoms with E-state index in [1.165, 1.54) is 36.8 Å². The van der Waals surface area contributed by atoms with Crippen molar-refractivity contribution in [2.75, 3.05) is 11.9 Å². The first-order valence-corrected chi connectivity index (χ1v) is 6.93. The average Bonchev–Trinajstić information content (AvgIpc) is 2.55. The molecule has 23 heavy (non-hydrogen) atoms. The van der Waals surface area contributed by atoms with Crippen molar-refractivity contribution in [2.24, 2.45) is 0 Å². The Hall–Kier alpha value is -2.88. The summed E-state index contributed by atoms with van der Waals surface area (Å²) < 4.78 is 5.12. The Balaban J connectivity index is 1.92. The van der Waals surface area contributed by atoms with Crippen molar-refractivity contribution >= 4 is 39.2 Å². The van der Waals surface area contributed by atoms with Crippen LogP contribution in [-0.4, -0.2) is 33.4 Å². The number of nitrogens with zero attached hydrogens (tertiary/aromatic N) is 3. The Bertz CT molecular complexity index is 753. The molecule has 0 bridgehead atoms. The lowest BCUT2D eigenvalue weighted by molar-refractivity contribution is -0.384. The molecule has 1 N–H and O–H groups in total. The van der Waals surface area contributed by atoms with Crippen molar-refractivity contribution in [1.82, 2.24) is 9.97 Å². The van der Waals surface area contributed by atoms with Gasteiger partial charge in [-0.25, -0.2) is 9.78 Å². The Morgan fingerprint density at radius 3 is 2.74 bits per heavy atom. The number of ether oxygens (including phenoxy) is 1. The van der Waals surface area contributed by atoms with E-state index in [9.17, 15) is 19.7 Å². The Morgan fingerprint density at radius 2 is 2.13 bits per heavy atom. The van der Waals surface area contributed by atoms with Gasteiger partial charge in [0.2, 0.25) is 0 Å². The summed E-state index contributed by atoms with van der Waals surface area (Å²) in [4.78, 5) is 40.9. The second-order valence-electron chi connectivity index (χ2n) is 4.14. The molecule has 2 aromatic rings. The Labute approximate surface area is 138 Å². The first-order chi connectivity index (χ1) is 11.0. The number of benzene rings is 1. The summed E-state index contributed by atoms with van der Waals surface area (Å²) in [5.74, 6) is -1.38. The third-order valence-corrected chi connectivity index (χ3v) is 3.20. The first-order valence-electron chi connectivity index (χ1n) is 6.14. The van der Waals surface area contributed by atoms with Gasteiger partial charge in [-0.1, -0.05) is 0 Å². The van der Waals surface area contributed by atoms with Crippen LogP contribution in [0.1, 0.15) is 10.5 Å². The van der Waals surface area contributed by atoms with E-state index in [4.69, 9.17) is 4.74 Å². The number of hydrogen-bond acceptors (Lipinski definition) is 7. The minimum Gasteiger partial charge on any atom is -0.451 e. The summed E-state index contributed by atoms with van der Waals surface area (Å²) in [6.45, 7) is -0.529. The van der Waals surface area contributed by atoms with Gasteiger partial charge < -0.3 is 10.1 Å². The van der Waals surface area contributed by atoms with Gasteiger partial charge in [-0.3, -0.25) is 19.9 Å². The summed E-state index contributed by atoms with van der Waals surface area (Å²) in [5.41, 5.74) is 0.178. The lowest BCUT2D eigenvalue weighted by Gasteiger charge is -2.07. The number of carbonyl (C=O) groups excluding carboxylic acids is 2. The molecule has 1 aromatic carbocycles. The standard InChI is InChI=1S/C13H9BrN4O5/c14-9-5-8(18(21)22)1-2-10(9)17-12(19)7-23-13(20)11-6-15-3-4-16-11/h1-6H,7H2,(H,17,19). The fourth-order valence-corrected chi connectivity index (χ4v) is 1.98. The first kappa shape index (κ1) is 16.5. The molecule has 0 aliphatic carbocycles. The predicted molar refractivity (Wildman–Crippen MR) is 81.7 cm³/mol. The fourth-order valence-electron chi connectivity index (χ4n) is 1.51. The van der Waals surface area contributed by atoms with Crippen molar-refractivity contribution < 1.29 is 19.2 Å². The zero-order chi connectivity index (χ0) is 16.8. The molecular formula is C13H9BrN4O5. The third-order valence-electron chi connectivity index (χ3n) is 2.54. The molecule has 0 fully saturated rings. The molecule has 0 unspecified atom stereocenters. The zero-order valence-electron chi connectivity index (χ0n) is 11.4. The van der Waals surface area contributed by atoms with E-state index in [-0.39, 0.29) is 11.4 Å². The quantitative estimate of drug-likeness (QED) is 0.477. The van der Waals surface area contributed by atoms with E-state index >= 15 is 0 Å². The molecule has 0 spiro atoms. The molecule has 0 aliphatic heterocycles. The molecule has 0 saturated carbocycles. The number of halogens is 1. The molecule has 0 saturated heterocycles. The fraction of sp³-hybridized carbons (Fsp3) is 0.0769. The Morgan fingerprint density at radius 1 is 1.35 bits per heavy atom. The highest BCUT2D eigenvalue weighted by atomic mass is 79.9. The van der Waals surface area contributed by atoms with Crippen LogP contribution < -0.4 is 5.32 Å². The van der Waals surface area contributed by atoms with Crippen molar-refractivity contribution in [3.63, 3.8) is 0 Å². The largest absolute Gasteiger partial charge is 0.451 e. The summed E-state index contributed by atoms with van der Waals surface area (Å²) in [6.07, 6.45) is 3.94. The number of aromatic nitrogens is 2. The summed E-state index contributed by atoms with van der Waals surface area (Å²) >= 11 is 3.12. The predicted octanol–water partition coefficient (Wildman–Crippen LogP) is 1.94. The van der Waals surface area contributed by atoms with Crippen molar-refractivity contribution in [2.45, 2.75) is 0 Å². The lowest BCUT2D eigenvalue weighted by Crippen LogP contribution is -2.21. The second-order valence-corrected chi connectivity index (χ2v) is 4.99. The maximum absolute atomic E-state index is 11.7. The van der Waals surface area contributed by atoms with Crippen LogP contribution in [-0.2, 0) is 9.53 Å². The summed E-state index contributed by atoms with van der Waals surface area (Å²) in [6, 6.07) is 3.86. The molecule has 2 rings (SSSR count). The number of nitro groups is 1. The molecule has 1 amide bonds. The number of non-ortho nitro benzene ring substituents is 1. The van der Waals surface area contributed by atoms with Gasteiger partial charge in [0, 0.05) is 29.0 Å². The second kappa shape index (κ2) is 7.40. The lowest BCUT2D eigenvalue weighted by atomic mass is 10.3. The van der Waals surface area contributed by atoms with Gasteiger partial charge in [-0.2, -0.15) is 0 Å². The Kier molecular flexibility index (Phi) is 5.31. The number of hydrogen-bond donors (Lipinski definition) is 1. The van der Waals surface area contributed by atoms with Crippen molar-refractivity contribution in [3.8, 4) is 0 Å². The minimum absolute atomic E-state index is 0.0168. The molecule has 0 atom stereocenters. The maximum atomic E-state index is 11.7. The topological polar surface area (TPSA) is 124 Å². The molecule has 118 valence electrons. The van der Waals surface area contributed by atoms with Crippen LogP contribution in [0, 0.1) is 10.1 Å². The van der Waals surface area contributed by atoms with Gasteiger partial charge in [0.05, 0.1) is 16.8 Å². The molecule has 9 nitrogen and oxygen atoms in total. The summed E-state index contributed by atoms with van der Waals surface area (Å²) in [5, 5.41) is 13.1. The van der Waals surface area contributed by atoms with Crippen LogP contribution in [0.4, 0.5) is 11.4 Å². The molecule has 0 aliphatic rings. The number of amides is 1. The molecular weight excluding hydrogens is 372 g/mol. The van der Waals surface area contributed by atoms with Gasteiger partial charge in [0.1, 0.15) is 0 Å². The van der Waals surface area contributed by atoms with Gasteiger partial charge in [0.25, 0.3) is 11.6 Å². The maximum Gasteiger partial charge on any atom is 0.359 e. The molecule has 1 aromatic heterocycles. The number of nitrogens with one attached hydrogen (secondary N) is 1. The van der Waals surface area contributed by atoms with E-state index < -0.39 is 23.4 Å². The van der Waals surface area contributed by atoms with E-state index in [2.05, 4.69) is 31.2 Å². The monoisotopic (exact) mass is 380 g/mol. The van der Waals surface area contributed by atoms with E-state index in [0.29, 0.717) is 10.2 Å². The van der Waals surface area contributed by atoms with Gasteiger partial charge in [-0.15, -0.1) is 0 Å². The van der Waals surface area contributed by atoms with Crippen molar-refractivity contribution in [1.29, 1.82) is 0 Å². The van der Waals surface area contributed by atoms with Gasteiger partial charge >= 0.3 is 5.97 Å². The van der Waals surface area contributed by atoms with Crippen LogP contribution in [0.3, 0.4) is 0 Å². The van der Waals surface area contributed by atoms with E-state index in [1.807, 2.05) is 0 Å². The van der Waals surface area contributed by atoms with Gasteiger partial charge in [-0.05, 0) is 22.0 Å². The van der Waals surface area contributed by atoms with Crippen LogP contribution >= 0.6 is 15.9 Å². The van der Waals surface area contributed by atoms with Crippen LogP contribution in [0.2, 0.25) is 0 Å². The van der Waals surface area contributed by atoms with Gasteiger partial charge in [0.15, 0.2) is 12.3 Å². The average molecular weight is 381 g/mol. The van der Waals surface area contributed by atoms with E-state index in [1.54, 1.807) is 0 Å². The number of rotatable bonds is 5. The smallest absolute Gasteiger partial charge is 0.359 e. The highest BCUT2D eigenvalue weighted by Gasteiger charge is 2.14. The number of anilines is 1. The number of carbonyl (C=O) groups is 2. The number of esters is 1. The van der Waals surface area contributed by atoms with Crippen molar-refractivity contribution in [3.05, 3.63) is 57.1 Å². The minimum atomic E-state index is -0.781. The molecule has 1 heterocycles. The molecule has 10 heteroatoms. The van der Waals surface area contributed by atoms with E-state index in [0.717, 1.165) is 0 Å². The normalized spacial score (nSPS) is 9.96. The third kappa shape index (κ3) is 4.54. The van der Waals surface area contributed by atoms with Crippen LogP contribution in [0.5, 0.6) is 0 Å². The number of nitro benzene ring substituents is 1. The summed E-state index contributed by atoms with van der Waals surface area (Å²) in [7, 11) is 0. The highest BCUT2D eigenvalue weighted by Crippen LogP contribution is 2.26. The molecule has 0 radical (unpaired) electrons. The zero-order valence-corrected chi connectivity index (χ0v) is 13.0. The SMILES string of the molecule is O=C(COC(=O)c1cnccn1)Nc1ccc([N+](=O)[O-])cc1Br. The van der Waals surface area contributed by atoms with Crippen LogP contribution in [0.25, 0.3) is 0 Å². The van der Waals surface area contributed by atoms with Crippen LogP contribution in [0.15, 0.2) is 41.3 Å².